The molecule has 0 aliphatic heterocycles. The van der Waals surface area contributed by atoms with Crippen LogP contribution in [-0.2, 0) is 10.0 Å². The highest BCUT2D eigenvalue weighted by Crippen LogP contribution is 2.16. The van der Waals surface area contributed by atoms with Crippen molar-refractivity contribution in [1.82, 2.24) is 10.0 Å². The zero-order valence-electron chi connectivity index (χ0n) is 12.3. The number of benzene rings is 1. The Kier molecular flexibility index (Phi) is 6.98. The average molecular weight is 300 g/mol. The van der Waals surface area contributed by atoms with Crippen LogP contribution in [0.15, 0.2) is 29.2 Å². The first-order valence-electron chi connectivity index (χ1n) is 6.86. The van der Waals surface area contributed by atoms with Crippen LogP contribution in [-0.4, -0.2) is 35.2 Å². The molecule has 0 saturated heterocycles. The number of likely N-dealkylation sites (N-methyl/N-ethyl adjacent to an activating group) is 1. The maximum atomic E-state index is 12.1. The van der Waals surface area contributed by atoms with E-state index in [1.807, 2.05) is 20.9 Å². The summed E-state index contributed by atoms with van der Waals surface area (Å²) in [5.74, 6) is 0.995. The van der Waals surface area contributed by atoms with Crippen LogP contribution in [0.2, 0.25) is 0 Å². The Morgan fingerprint density at radius 2 is 1.90 bits per heavy atom. The van der Waals surface area contributed by atoms with Gasteiger partial charge in [-0.05, 0) is 37.2 Å². The zero-order chi connectivity index (χ0) is 15.0. The molecule has 1 aromatic carbocycles. The number of rotatable bonds is 9. The predicted octanol–water partition coefficient (Wildman–Crippen LogP) is 1.61. The van der Waals surface area contributed by atoms with Gasteiger partial charge in [0.15, 0.2) is 0 Å². The van der Waals surface area contributed by atoms with Gasteiger partial charge in [0.25, 0.3) is 0 Å². The topological polar surface area (TPSA) is 67.4 Å². The van der Waals surface area contributed by atoms with Crippen LogP contribution in [0.3, 0.4) is 0 Å². The maximum absolute atomic E-state index is 12.1. The molecule has 0 radical (unpaired) electrons. The van der Waals surface area contributed by atoms with Gasteiger partial charge in [-0.3, -0.25) is 0 Å². The van der Waals surface area contributed by atoms with Crippen molar-refractivity contribution in [2.45, 2.75) is 25.2 Å². The molecule has 1 rings (SSSR count). The summed E-state index contributed by atoms with van der Waals surface area (Å²) in [4.78, 5) is 0.266. The van der Waals surface area contributed by atoms with Crippen LogP contribution in [0.4, 0.5) is 0 Å². The number of hydrogen-bond donors (Lipinski definition) is 2. The van der Waals surface area contributed by atoms with E-state index < -0.39 is 10.0 Å². The number of ether oxygens (including phenoxy) is 1. The number of nitrogens with one attached hydrogen (secondary N) is 2. The molecule has 1 atom stereocenters. The Bertz CT molecular complexity index is 486. The summed E-state index contributed by atoms with van der Waals surface area (Å²) in [5.41, 5.74) is 0. The Balaban J connectivity index is 2.62. The van der Waals surface area contributed by atoms with E-state index in [0.29, 0.717) is 24.8 Å². The van der Waals surface area contributed by atoms with Gasteiger partial charge in [0.2, 0.25) is 10.0 Å². The van der Waals surface area contributed by atoms with Crippen LogP contribution in [0.1, 0.15) is 20.3 Å². The SMILES string of the molecule is CCC(C)CNS(=O)(=O)c1ccc(OCCNC)cc1. The van der Waals surface area contributed by atoms with E-state index in [9.17, 15) is 8.42 Å². The molecule has 1 aromatic rings. The lowest BCUT2D eigenvalue weighted by Crippen LogP contribution is -2.28. The molecule has 1 unspecified atom stereocenters. The average Bonchev–Trinajstić information content (AvgIpc) is 2.45. The molecule has 0 heterocycles. The molecule has 6 heteroatoms. The first kappa shape index (κ1) is 16.9. The van der Waals surface area contributed by atoms with Gasteiger partial charge in [0.05, 0.1) is 4.90 Å². The van der Waals surface area contributed by atoms with E-state index in [4.69, 9.17) is 4.74 Å². The fourth-order valence-electron chi connectivity index (χ4n) is 1.47. The lowest BCUT2D eigenvalue weighted by Gasteiger charge is -2.11. The quantitative estimate of drug-likeness (QED) is 0.680. The van der Waals surface area contributed by atoms with Crippen molar-refractivity contribution in [1.29, 1.82) is 0 Å². The minimum atomic E-state index is -3.43. The van der Waals surface area contributed by atoms with Gasteiger partial charge in [-0.2, -0.15) is 0 Å². The van der Waals surface area contributed by atoms with Crippen molar-refractivity contribution in [2.75, 3.05) is 26.7 Å². The standard InChI is InChI=1S/C14H24N2O3S/c1-4-12(2)11-16-20(17,18)14-7-5-13(6-8-14)19-10-9-15-3/h5-8,12,15-16H,4,9-11H2,1-3H3. The Morgan fingerprint density at radius 3 is 2.45 bits per heavy atom. The van der Waals surface area contributed by atoms with Gasteiger partial charge in [-0.1, -0.05) is 20.3 Å². The van der Waals surface area contributed by atoms with Gasteiger partial charge in [0.1, 0.15) is 12.4 Å². The highest BCUT2D eigenvalue weighted by atomic mass is 32.2. The first-order chi connectivity index (χ1) is 9.49. The van der Waals surface area contributed by atoms with Gasteiger partial charge in [-0.25, -0.2) is 13.1 Å². The minimum absolute atomic E-state index is 0.266. The largest absolute Gasteiger partial charge is 0.492 e. The summed E-state index contributed by atoms with van der Waals surface area (Å²) in [6.45, 7) is 5.81. The van der Waals surface area contributed by atoms with E-state index >= 15 is 0 Å². The summed E-state index contributed by atoms with van der Waals surface area (Å²) < 4.78 is 32.2. The molecule has 114 valence electrons. The van der Waals surface area contributed by atoms with Crippen molar-refractivity contribution >= 4 is 10.0 Å². The molecule has 5 nitrogen and oxygen atoms in total. The maximum Gasteiger partial charge on any atom is 0.240 e. The Hall–Kier alpha value is -1.11. The Morgan fingerprint density at radius 1 is 1.25 bits per heavy atom. The molecule has 2 N–H and O–H groups in total. The lowest BCUT2D eigenvalue weighted by atomic mass is 10.1. The monoisotopic (exact) mass is 300 g/mol. The lowest BCUT2D eigenvalue weighted by molar-refractivity contribution is 0.318. The van der Waals surface area contributed by atoms with E-state index in [2.05, 4.69) is 10.0 Å². The minimum Gasteiger partial charge on any atom is -0.492 e. The van der Waals surface area contributed by atoms with Crippen molar-refractivity contribution in [3.05, 3.63) is 24.3 Å². The summed E-state index contributed by atoms with van der Waals surface area (Å²) in [5, 5.41) is 2.98. The summed E-state index contributed by atoms with van der Waals surface area (Å²) in [6.07, 6.45) is 0.945. The number of hydrogen-bond acceptors (Lipinski definition) is 4. The normalized spacial score (nSPS) is 13.2. The highest BCUT2D eigenvalue weighted by molar-refractivity contribution is 7.89. The molecule has 0 fully saturated rings. The molecule has 0 spiro atoms. The number of sulfonamides is 1. The second kappa shape index (κ2) is 8.24. The third-order valence-electron chi connectivity index (χ3n) is 3.07. The van der Waals surface area contributed by atoms with Crippen LogP contribution >= 0.6 is 0 Å². The molecule has 0 amide bonds. The fourth-order valence-corrected chi connectivity index (χ4v) is 2.63. The molecule has 0 saturated carbocycles. The van der Waals surface area contributed by atoms with Crippen molar-refractivity contribution in [3.63, 3.8) is 0 Å². The first-order valence-corrected chi connectivity index (χ1v) is 8.35. The third kappa shape index (κ3) is 5.48. The molecule has 0 aliphatic rings. The fraction of sp³-hybridized carbons (Fsp3) is 0.571. The van der Waals surface area contributed by atoms with Crippen LogP contribution in [0.5, 0.6) is 5.75 Å². The second-order valence-electron chi connectivity index (χ2n) is 4.79. The van der Waals surface area contributed by atoms with Crippen molar-refractivity contribution in [3.8, 4) is 5.75 Å². The van der Waals surface area contributed by atoms with Crippen molar-refractivity contribution in [2.24, 2.45) is 5.92 Å². The molecular formula is C14H24N2O3S. The Labute approximate surface area is 121 Å². The molecule has 0 aliphatic carbocycles. The molecular weight excluding hydrogens is 276 g/mol. The third-order valence-corrected chi connectivity index (χ3v) is 4.51. The second-order valence-corrected chi connectivity index (χ2v) is 6.56. The summed E-state index contributed by atoms with van der Waals surface area (Å²) in [6, 6.07) is 6.47. The zero-order valence-corrected chi connectivity index (χ0v) is 13.2. The van der Waals surface area contributed by atoms with Gasteiger partial charge in [0, 0.05) is 13.1 Å². The van der Waals surface area contributed by atoms with Gasteiger partial charge < -0.3 is 10.1 Å². The van der Waals surface area contributed by atoms with Crippen LogP contribution < -0.4 is 14.8 Å². The smallest absolute Gasteiger partial charge is 0.240 e. The summed E-state index contributed by atoms with van der Waals surface area (Å²) >= 11 is 0. The van der Waals surface area contributed by atoms with E-state index in [1.165, 1.54) is 0 Å². The van der Waals surface area contributed by atoms with E-state index in [-0.39, 0.29) is 4.90 Å². The van der Waals surface area contributed by atoms with Crippen LogP contribution in [0, 0.1) is 5.92 Å². The molecule has 0 bridgehead atoms. The molecule has 20 heavy (non-hydrogen) atoms. The van der Waals surface area contributed by atoms with E-state index in [1.54, 1.807) is 24.3 Å². The van der Waals surface area contributed by atoms with Gasteiger partial charge in [-0.15, -0.1) is 0 Å². The van der Waals surface area contributed by atoms with Crippen molar-refractivity contribution < 1.29 is 13.2 Å². The molecule has 0 aromatic heterocycles. The van der Waals surface area contributed by atoms with Crippen LogP contribution in [0.25, 0.3) is 0 Å². The predicted molar refractivity (Wildman–Crippen MR) is 80.5 cm³/mol. The summed E-state index contributed by atoms with van der Waals surface area (Å²) in [7, 11) is -1.58. The highest BCUT2D eigenvalue weighted by Gasteiger charge is 2.14. The van der Waals surface area contributed by atoms with E-state index in [0.717, 1.165) is 13.0 Å². The van der Waals surface area contributed by atoms with Gasteiger partial charge >= 0.3 is 0 Å².